The molecule has 194 valence electrons. The highest BCUT2D eigenvalue weighted by Crippen LogP contribution is 2.39. The summed E-state index contributed by atoms with van der Waals surface area (Å²) in [5, 5.41) is 15.3. The number of hydrogen-bond donors (Lipinski definition) is 1. The first kappa shape index (κ1) is 25.9. The van der Waals surface area contributed by atoms with Crippen LogP contribution >= 0.6 is 22.9 Å². The molecule has 2 aromatic heterocycles. The minimum atomic E-state index is -0.519. The van der Waals surface area contributed by atoms with Crippen LogP contribution in [-0.2, 0) is 12.8 Å². The van der Waals surface area contributed by atoms with Crippen molar-refractivity contribution in [1.82, 2.24) is 4.57 Å². The molecule has 0 fully saturated rings. The number of nitrogens with zero attached hydrogens (tertiary/aromatic N) is 3. The Bertz CT molecular complexity index is 1580. The van der Waals surface area contributed by atoms with E-state index in [1.54, 1.807) is 23.6 Å². The summed E-state index contributed by atoms with van der Waals surface area (Å²) in [5.41, 5.74) is 6.85. The van der Waals surface area contributed by atoms with E-state index in [-0.39, 0.29) is 16.6 Å². The van der Waals surface area contributed by atoms with Gasteiger partial charge in [0.25, 0.3) is 11.6 Å². The number of nitrogens with one attached hydrogen (secondary N) is 1. The predicted octanol–water partition coefficient (Wildman–Crippen LogP) is 7.91. The SMILES string of the molecule is Cc1ccc(NC(=O)c2c(-n3c(C)cc(C=Nc4ccc(Cl)c([N+](=O)[O-])c4)c3C)sc3c2CCCC3)cc1. The number of rotatable bonds is 6. The first-order valence-electron chi connectivity index (χ1n) is 12.4. The van der Waals surface area contributed by atoms with Gasteiger partial charge in [-0.1, -0.05) is 29.3 Å². The summed E-state index contributed by atoms with van der Waals surface area (Å²) in [6.07, 6.45) is 5.77. The summed E-state index contributed by atoms with van der Waals surface area (Å²) >= 11 is 7.63. The number of aliphatic imine (C=N–C) groups is 1. The van der Waals surface area contributed by atoms with Crippen LogP contribution in [0.15, 0.2) is 53.5 Å². The molecule has 1 N–H and O–H groups in total. The van der Waals surface area contributed by atoms with Crippen LogP contribution < -0.4 is 5.32 Å². The van der Waals surface area contributed by atoms with Crippen molar-refractivity contribution in [2.75, 3.05) is 5.32 Å². The standard InChI is InChI=1S/C29H27ClN4O3S/c1-17-8-10-21(11-9-17)32-28(35)27-23-6-4-5-7-26(23)38-29(27)33-18(2)14-20(19(33)3)16-31-22-12-13-24(30)25(15-22)34(36)37/h8-16H,4-7H2,1-3H3,(H,32,35). The highest BCUT2D eigenvalue weighted by Gasteiger charge is 2.28. The number of anilines is 1. The van der Waals surface area contributed by atoms with Gasteiger partial charge in [-0.25, -0.2) is 0 Å². The van der Waals surface area contributed by atoms with E-state index >= 15 is 0 Å². The maximum Gasteiger partial charge on any atom is 0.290 e. The quantitative estimate of drug-likeness (QED) is 0.151. The van der Waals surface area contributed by atoms with Gasteiger partial charge >= 0.3 is 0 Å². The van der Waals surface area contributed by atoms with Crippen molar-refractivity contribution in [2.24, 2.45) is 4.99 Å². The minimum Gasteiger partial charge on any atom is -0.322 e. The van der Waals surface area contributed by atoms with E-state index in [9.17, 15) is 14.9 Å². The molecule has 7 nitrogen and oxygen atoms in total. The van der Waals surface area contributed by atoms with Gasteiger partial charge in [-0.15, -0.1) is 11.3 Å². The smallest absolute Gasteiger partial charge is 0.290 e. The van der Waals surface area contributed by atoms with E-state index in [1.165, 1.54) is 17.0 Å². The molecule has 4 aromatic rings. The van der Waals surface area contributed by atoms with E-state index in [2.05, 4.69) is 14.9 Å². The molecule has 0 saturated heterocycles. The van der Waals surface area contributed by atoms with Crippen LogP contribution in [0, 0.1) is 30.9 Å². The summed E-state index contributed by atoms with van der Waals surface area (Å²) in [4.78, 5) is 30.1. The minimum absolute atomic E-state index is 0.0743. The third kappa shape index (κ3) is 5.01. The number of aryl methyl sites for hydroxylation is 3. The Labute approximate surface area is 230 Å². The van der Waals surface area contributed by atoms with E-state index in [4.69, 9.17) is 11.6 Å². The van der Waals surface area contributed by atoms with Crippen LogP contribution in [0.4, 0.5) is 17.1 Å². The zero-order valence-corrected chi connectivity index (χ0v) is 22.9. The van der Waals surface area contributed by atoms with Gasteiger partial charge in [0.05, 0.1) is 16.2 Å². The Morgan fingerprint density at radius 2 is 1.84 bits per heavy atom. The van der Waals surface area contributed by atoms with Crippen molar-refractivity contribution in [3.8, 4) is 5.00 Å². The molecule has 1 aliphatic rings. The van der Waals surface area contributed by atoms with Crippen molar-refractivity contribution in [3.63, 3.8) is 0 Å². The fraction of sp³-hybridized carbons (Fsp3) is 0.241. The number of halogens is 1. The van der Waals surface area contributed by atoms with Crippen LogP contribution in [0.3, 0.4) is 0 Å². The molecule has 0 unspecified atom stereocenters. The predicted molar refractivity (Wildman–Crippen MR) is 154 cm³/mol. The van der Waals surface area contributed by atoms with Crippen molar-refractivity contribution in [1.29, 1.82) is 0 Å². The lowest BCUT2D eigenvalue weighted by molar-refractivity contribution is -0.384. The van der Waals surface area contributed by atoms with E-state index in [0.29, 0.717) is 5.69 Å². The second-order valence-corrected chi connectivity index (χ2v) is 11.0. The summed E-state index contributed by atoms with van der Waals surface area (Å²) in [6.45, 7) is 6.03. The van der Waals surface area contributed by atoms with Crippen molar-refractivity contribution in [2.45, 2.75) is 46.5 Å². The van der Waals surface area contributed by atoms with Gasteiger partial charge in [-0.2, -0.15) is 0 Å². The summed E-state index contributed by atoms with van der Waals surface area (Å²) in [6, 6.07) is 14.3. The highest BCUT2D eigenvalue weighted by molar-refractivity contribution is 7.15. The second-order valence-electron chi connectivity index (χ2n) is 9.52. The van der Waals surface area contributed by atoms with Crippen LogP contribution in [0.5, 0.6) is 0 Å². The lowest BCUT2D eigenvalue weighted by Gasteiger charge is -2.14. The molecule has 2 heterocycles. The molecule has 0 aliphatic heterocycles. The number of nitro benzene ring substituents is 1. The van der Waals surface area contributed by atoms with E-state index < -0.39 is 4.92 Å². The number of hydrogen-bond acceptors (Lipinski definition) is 5. The summed E-state index contributed by atoms with van der Waals surface area (Å²) in [7, 11) is 0. The van der Waals surface area contributed by atoms with E-state index in [0.717, 1.165) is 70.0 Å². The van der Waals surface area contributed by atoms with Crippen molar-refractivity contribution < 1.29 is 9.72 Å². The molecule has 0 radical (unpaired) electrons. The van der Waals surface area contributed by atoms with Crippen molar-refractivity contribution in [3.05, 3.63) is 102 Å². The average Bonchev–Trinajstić information content (AvgIpc) is 3.40. The van der Waals surface area contributed by atoms with Crippen LogP contribution in [0.2, 0.25) is 5.02 Å². The molecule has 1 aliphatic carbocycles. The van der Waals surface area contributed by atoms with Gasteiger partial charge in [-0.05, 0) is 82.3 Å². The Morgan fingerprint density at radius 3 is 2.58 bits per heavy atom. The topological polar surface area (TPSA) is 89.5 Å². The molecule has 1 amide bonds. The van der Waals surface area contributed by atoms with Gasteiger partial charge in [0, 0.05) is 39.8 Å². The van der Waals surface area contributed by atoms with Crippen LogP contribution in [-0.4, -0.2) is 21.6 Å². The molecular weight excluding hydrogens is 520 g/mol. The van der Waals surface area contributed by atoms with Gasteiger partial charge in [0.2, 0.25) is 0 Å². The molecule has 38 heavy (non-hydrogen) atoms. The molecule has 5 rings (SSSR count). The van der Waals surface area contributed by atoms with Crippen LogP contribution in [0.1, 0.15) is 56.2 Å². The second kappa shape index (κ2) is 10.6. The molecule has 0 bridgehead atoms. The largest absolute Gasteiger partial charge is 0.322 e. The number of carbonyl (C=O) groups excluding carboxylic acids is 1. The van der Waals surface area contributed by atoms with Crippen molar-refractivity contribution >= 4 is 52.1 Å². The fourth-order valence-electron chi connectivity index (χ4n) is 4.87. The number of amides is 1. The summed E-state index contributed by atoms with van der Waals surface area (Å²) < 4.78 is 2.12. The highest BCUT2D eigenvalue weighted by atomic mass is 35.5. The van der Waals surface area contributed by atoms with Gasteiger partial charge in [0.15, 0.2) is 0 Å². The number of carbonyl (C=O) groups is 1. The van der Waals surface area contributed by atoms with Crippen LogP contribution in [0.25, 0.3) is 5.00 Å². The molecule has 0 saturated carbocycles. The lowest BCUT2D eigenvalue weighted by Crippen LogP contribution is -2.17. The Hall–Kier alpha value is -3.75. The van der Waals surface area contributed by atoms with Gasteiger partial charge in [-0.3, -0.25) is 19.9 Å². The Kier molecular flexibility index (Phi) is 7.19. The maximum atomic E-state index is 13.7. The Morgan fingerprint density at radius 1 is 1.11 bits per heavy atom. The number of aromatic nitrogens is 1. The molecule has 0 atom stereocenters. The zero-order chi connectivity index (χ0) is 27.0. The third-order valence-electron chi connectivity index (χ3n) is 6.84. The number of thiophene rings is 1. The number of nitro groups is 1. The van der Waals surface area contributed by atoms with Gasteiger partial charge in [0.1, 0.15) is 10.0 Å². The third-order valence-corrected chi connectivity index (χ3v) is 8.44. The monoisotopic (exact) mass is 546 g/mol. The normalized spacial score (nSPS) is 13.1. The lowest BCUT2D eigenvalue weighted by atomic mass is 9.95. The first-order chi connectivity index (χ1) is 18.2. The molecular formula is C29H27ClN4O3S. The Balaban J connectivity index is 1.53. The average molecular weight is 547 g/mol. The summed E-state index contributed by atoms with van der Waals surface area (Å²) in [5.74, 6) is -0.0977. The first-order valence-corrected chi connectivity index (χ1v) is 13.6. The van der Waals surface area contributed by atoms with E-state index in [1.807, 2.05) is 51.1 Å². The number of benzene rings is 2. The molecule has 2 aromatic carbocycles. The van der Waals surface area contributed by atoms with Gasteiger partial charge < -0.3 is 9.88 Å². The maximum absolute atomic E-state index is 13.7. The molecule has 9 heteroatoms. The zero-order valence-electron chi connectivity index (χ0n) is 21.4. The fourth-order valence-corrected chi connectivity index (χ4v) is 6.55. The molecule has 0 spiro atoms. The number of fused-ring (bicyclic) bond motifs is 1.